The van der Waals surface area contributed by atoms with E-state index in [0.29, 0.717) is 0 Å². The fraction of sp³-hybridized carbons (Fsp3) is 0.200. The minimum atomic E-state index is -3.33. The van der Waals surface area contributed by atoms with E-state index >= 15 is 0 Å². The Morgan fingerprint density at radius 1 is 0.895 bits per heavy atom. The number of rotatable bonds is 1. The van der Waals surface area contributed by atoms with Crippen molar-refractivity contribution in [3.8, 4) is 0 Å². The molecular formula is C15H15NO2S. The summed E-state index contributed by atoms with van der Waals surface area (Å²) in [5, 5.41) is 1.97. The van der Waals surface area contributed by atoms with Crippen LogP contribution in [0.5, 0.6) is 0 Å². The van der Waals surface area contributed by atoms with Gasteiger partial charge in [0.1, 0.15) is 0 Å². The molecule has 0 amide bonds. The molecule has 0 unspecified atom stereocenters. The van der Waals surface area contributed by atoms with Gasteiger partial charge in [-0.2, -0.15) is 0 Å². The van der Waals surface area contributed by atoms with Gasteiger partial charge < -0.3 is 0 Å². The zero-order valence-electron chi connectivity index (χ0n) is 11.1. The van der Waals surface area contributed by atoms with Crippen LogP contribution in [0.4, 0.5) is 0 Å². The summed E-state index contributed by atoms with van der Waals surface area (Å²) in [4.78, 5) is 0. The van der Waals surface area contributed by atoms with Gasteiger partial charge in [-0.1, -0.05) is 18.2 Å². The van der Waals surface area contributed by atoms with Gasteiger partial charge in [0.2, 0.25) is 10.0 Å². The Labute approximate surface area is 112 Å². The van der Waals surface area contributed by atoms with E-state index in [9.17, 15) is 8.42 Å². The van der Waals surface area contributed by atoms with E-state index in [1.807, 2.05) is 44.2 Å². The van der Waals surface area contributed by atoms with Crippen molar-refractivity contribution >= 4 is 31.8 Å². The Bertz CT molecular complexity index is 905. The van der Waals surface area contributed by atoms with Crippen LogP contribution in [0.3, 0.4) is 0 Å². The molecule has 4 heteroatoms. The fourth-order valence-corrected chi connectivity index (χ4v) is 3.58. The zero-order chi connectivity index (χ0) is 13.8. The summed E-state index contributed by atoms with van der Waals surface area (Å²) in [6, 6.07) is 11.6. The van der Waals surface area contributed by atoms with Crippen molar-refractivity contribution in [2.24, 2.45) is 0 Å². The van der Waals surface area contributed by atoms with Gasteiger partial charge in [-0.25, -0.2) is 12.4 Å². The molecular weight excluding hydrogens is 258 g/mol. The summed E-state index contributed by atoms with van der Waals surface area (Å²) in [5.74, 6) is 0. The summed E-state index contributed by atoms with van der Waals surface area (Å²) < 4.78 is 25.6. The van der Waals surface area contributed by atoms with Crippen molar-refractivity contribution < 1.29 is 8.42 Å². The molecule has 0 N–H and O–H groups in total. The van der Waals surface area contributed by atoms with Gasteiger partial charge in [-0.05, 0) is 43.2 Å². The normalized spacial score (nSPS) is 12.4. The van der Waals surface area contributed by atoms with E-state index in [-0.39, 0.29) is 0 Å². The molecule has 2 aromatic carbocycles. The Morgan fingerprint density at radius 2 is 1.53 bits per heavy atom. The second kappa shape index (κ2) is 3.84. The smallest absolute Gasteiger partial charge is 0.236 e. The summed E-state index contributed by atoms with van der Waals surface area (Å²) >= 11 is 0. The van der Waals surface area contributed by atoms with Crippen molar-refractivity contribution in [1.82, 2.24) is 3.97 Å². The van der Waals surface area contributed by atoms with Crippen LogP contribution < -0.4 is 0 Å². The molecule has 1 heterocycles. The number of fused-ring (bicyclic) bond motifs is 3. The van der Waals surface area contributed by atoms with Gasteiger partial charge in [-0.15, -0.1) is 0 Å². The second-order valence-corrected chi connectivity index (χ2v) is 6.83. The van der Waals surface area contributed by atoms with Crippen molar-refractivity contribution in [2.75, 3.05) is 6.26 Å². The van der Waals surface area contributed by atoms with Crippen LogP contribution in [0.2, 0.25) is 0 Å². The predicted molar refractivity (Wildman–Crippen MR) is 79.2 cm³/mol. The van der Waals surface area contributed by atoms with E-state index in [4.69, 9.17) is 0 Å². The first-order valence-corrected chi connectivity index (χ1v) is 7.95. The highest BCUT2D eigenvalue weighted by molar-refractivity contribution is 7.89. The number of hydrogen-bond acceptors (Lipinski definition) is 2. The molecule has 0 atom stereocenters. The number of para-hydroxylation sites is 1. The van der Waals surface area contributed by atoms with E-state index in [0.717, 1.165) is 27.4 Å². The quantitative estimate of drug-likeness (QED) is 0.683. The molecule has 0 saturated heterocycles. The average Bonchev–Trinajstić information content (AvgIpc) is 2.63. The van der Waals surface area contributed by atoms with Crippen molar-refractivity contribution in [3.05, 3.63) is 47.5 Å². The molecule has 0 aliphatic heterocycles. The van der Waals surface area contributed by atoms with Crippen LogP contribution in [0.15, 0.2) is 36.4 Å². The van der Waals surface area contributed by atoms with E-state index < -0.39 is 10.0 Å². The van der Waals surface area contributed by atoms with Crippen LogP contribution in [0.25, 0.3) is 21.8 Å². The Hall–Kier alpha value is -1.81. The largest absolute Gasteiger partial charge is 0.237 e. The molecule has 0 spiro atoms. The summed E-state index contributed by atoms with van der Waals surface area (Å²) in [5.41, 5.74) is 3.76. The molecule has 98 valence electrons. The molecule has 3 aromatic rings. The Kier molecular flexibility index (Phi) is 2.47. The molecule has 1 aromatic heterocycles. The van der Waals surface area contributed by atoms with Gasteiger partial charge in [0.05, 0.1) is 17.3 Å². The predicted octanol–water partition coefficient (Wildman–Crippen LogP) is 3.22. The highest BCUT2D eigenvalue weighted by Gasteiger charge is 2.17. The molecule has 0 bridgehead atoms. The maximum Gasteiger partial charge on any atom is 0.236 e. The SMILES string of the molecule is Cc1cc2c3ccccc3n(S(C)(=O)=O)c2cc1C. The van der Waals surface area contributed by atoms with Crippen molar-refractivity contribution in [2.45, 2.75) is 13.8 Å². The molecule has 3 rings (SSSR count). The third-order valence-electron chi connectivity index (χ3n) is 3.58. The van der Waals surface area contributed by atoms with Gasteiger partial charge in [-0.3, -0.25) is 0 Å². The lowest BCUT2D eigenvalue weighted by Gasteiger charge is -2.05. The van der Waals surface area contributed by atoms with Crippen molar-refractivity contribution in [3.63, 3.8) is 0 Å². The zero-order valence-corrected chi connectivity index (χ0v) is 12.0. The first kappa shape index (κ1) is 12.2. The highest BCUT2D eigenvalue weighted by atomic mass is 32.2. The lowest BCUT2D eigenvalue weighted by atomic mass is 10.1. The maximum atomic E-state index is 12.1. The standard InChI is InChI=1S/C15H15NO2S/c1-10-8-13-12-6-4-5-7-14(12)16(19(3,17)18)15(13)9-11(10)2/h4-9H,1-3H3. The van der Waals surface area contributed by atoms with Gasteiger partial charge in [0, 0.05) is 10.8 Å². The third-order valence-corrected chi connectivity index (χ3v) is 4.63. The number of aryl methyl sites for hydroxylation is 2. The average molecular weight is 273 g/mol. The summed E-state index contributed by atoms with van der Waals surface area (Å²) in [7, 11) is -3.33. The maximum absolute atomic E-state index is 12.1. The topological polar surface area (TPSA) is 39.1 Å². The molecule has 0 saturated carbocycles. The van der Waals surface area contributed by atoms with Crippen LogP contribution in [-0.4, -0.2) is 18.6 Å². The van der Waals surface area contributed by atoms with Crippen molar-refractivity contribution in [1.29, 1.82) is 0 Å². The summed E-state index contributed by atoms with van der Waals surface area (Å²) in [6.45, 7) is 4.04. The van der Waals surface area contributed by atoms with Crippen LogP contribution in [0.1, 0.15) is 11.1 Å². The van der Waals surface area contributed by atoms with E-state index in [1.54, 1.807) is 0 Å². The Balaban J connectivity index is 2.68. The number of nitrogens with zero attached hydrogens (tertiary/aromatic N) is 1. The third kappa shape index (κ3) is 1.75. The molecule has 19 heavy (non-hydrogen) atoms. The first-order chi connectivity index (χ1) is 8.89. The lowest BCUT2D eigenvalue weighted by molar-refractivity contribution is 0.596. The molecule has 0 radical (unpaired) electrons. The van der Waals surface area contributed by atoms with Crippen LogP contribution in [0, 0.1) is 13.8 Å². The highest BCUT2D eigenvalue weighted by Crippen LogP contribution is 2.31. The molecule has 3 nitrogen and oxygen atoms in total. The monoisotopic (exact) mass is 273 g/mol. The first-order valence-electron chi connectivity index (χ1n) is 6.10. The molecule has 0 fully saturated rings. The fourth-order valence-electron chi connectivity index (χ4n) is 2.55. The van der Waals surface area contributed by atoms with Gasteiger partial charge in [0.25, 0.3) is 0 Å². The minimum absolute atomic E-state index is 0.741. The van der Waals surface area contributed by atoms with Crippen LogP contribution >= 0.6 is 0 Å². The van der Waals surface area contributed by atoms with Gasteiger partial charge >= 0.3 is 0 Å². The number of benzene rings is 2. The Morgan fingerprint density at radius 3 is 2.21 bits per heavy atom. The molecule has 0 aliphatic carbocycles. The lowest BCUT2D eigenvalue weighted by Crippen LogP contribution is -2.09. The summed E-state index contributed by atoms with van der Waals surface area (Å²) in [6.07, 6.45) is 1.24. The van der Waals surface area contributed by atoms with Crippen LogP contribution in [-0.2, 0) is 10.0 Å². The van der Waals surface area contributed by atoms with E-state index in [1.165, 1.54) is 15.8 Å². The number of hydrogen-bond donors (Lipinski definition) is 0. The minimum Gasteiger partial charge on any atom is -0.237 e. The van der Waals surface area contributed by atoms with E-state index in [2.05, 4.69) is 6.07 Å². The molecule has 0 aliphatic rings. The number of aromatic nitrogens is 1. The second-order valence-electron chi connectivity index (χ2n) is 5.00. The van der Waals surface area contributed by atoms with Gasteiger partial charge in [0.15, 0.2) is 0 Å².